The van der Waals surface area contributed by atoms with E-state index < -0.39 is 28.3 Å². The Labute approximate surface area is 797 Å². The molecule has 39 heteroatoms. The predicted molar refractivity (Wildman–Crippen MR) is 526 cm³/mol. The van der Waals surface area contributed by atoms with Crippen LogP contribution < -0.4 is 46.2 Å². The maximum absolute atomic E-state index is 13.0. The van der Waals surface area contributed by atoms with Gasteiger partial charge < -0.3 is 86.0 Å². The van der Waals surface area contributed by atoms with Crippen LogP contribution in [0.1, 0.15) is 98.1 Å². The van der Waals surface area contributed by atoms with Crippen molar-refractivity contribution in [2.45, 2.75) is 88.0 Å². The number of amides is 4. The van der Waals surface area contributed by atoms with Crippen molar-refractivity contribution in [2.75, 3.05) is 181 Å². The lowest BCUT2D eigenvalue weighted by Gasteiger charge is -2.37. The molecule has 137 heavy (non-hydrogen) atoms. The molecule has 17 rings (SSSR count). The number of aliphatic carboxylic acids is 1. The number of nitrogens with two attached hydrogens (primary N) is 1. The molecule has 0 atom stereocenters. The molecular weight excluding hydrogens is 1780 g/mol. The minimum absolute atomic E-state index is 0.0392. The monoisotopic (exact) mass is 1900 g/mol. The van der Waals surface area contributed by atoms with E-state index >= 15 is 0 Å². The second kappa shape index (κ2) is 50.6. The second-order valence-electron chi connectivity index (χ2n) is 32.9. The van der Waals surface area contributed by atoms with Crippen LogP contribution in [-0.2, 0) is 66.9 Å². The summed E-state index contributed by atoms with van der Waals surface area (Å²) in [6, 6.07) is 61.1. The lowest BCUT2D eigenvalue weighted by Crippen LogP contribution is -2.50. The van der Waals surface area contributed by atoms with Gasteiger partial charge >= 0.3 is 34.3 Å². The first-order chi connectivity index (χ1) is 65.7. The fraction of sp³-hybridized carbons (Fsp3) is 0.357. The maximum Gasteiger partial charge on any atom is 0.394 e. The van der Waals surface area contributed by atoms with Gasteiger partial charge in [0.2, 0.25) is 17.7 Å². The number of nitrogen functional groups attached to an aromatic ring is 1. The van der Waals surface area contributed by atoms with Crippen LogP contribution in [0.3, 0.4) is 0 Å². The quantitative estimate of drug-likeness (QED) is 0.0205. The molecule has 4 amide bonds. The Hall–Kier alpha value is -14.6. The summed E-state index contributed by atoms with van der Waals surface area (Å²) in [7, 11) is -2.25. The van der Waals surface area contributed by atoms with Crippen LogP contribution in [0.15, 0.2) is 199 Å². The summed E-state index contributed by atoms with van der Waals surface area (Å²) in [5, 5.41) is 60.4. The summed E-state index contributed by atoms with van der Waals surface area (Å²) in [5.74, 6) is -2.90. The lowest BCUT2D eigenvalue weighted by atomic mass is 10.0. The number of fused-ring (bicyclic) bond motifs is 1. The van der Waals surface area contributed by atoms with Crippen LogP contribution in [0, 0.1) is 55.4 Å². The average Bonchev–Trinajstić information content (AvgIpc) is 1.68. The van der Waals surface area contributed by atoms with E-state index in [0.29, 0.717) is 98.2 Å². The van der Waals surface area contributed by atoms with Gasteiger partial charge in [-0.1, -0.05) is 97.1 Å². The van der Waals surface area contributed by atoms with Crippen LogP contribution >= 0.6 is 0 Å². The third-order valence-electron chi connectivity index (χ3n) is 23.1. The Morgan fingerprint density at radius 3 is 1.06 bits per heavy atom. The molecule has 0 radical (unpaired) electrons. The van der Waals surface area contributed by atoms with E-state index in [4.69, 9.17) is 48.3 Å². The van der Waals surface area contributed by atoms with Crippen molar-refractivity contribution in [3.8, 4) is 0 Å². The number of anilines is 7. The number of aromatic carboxylic acids is 2. The smallest absolute Gasteiger partial charge is 0.394 e. The standard InChI is InChI=1S/C25H27N5O.C24H28N6O2.C18H22N4O3.C12H16N2O2.C11H14N2O2.C7H10N2O2.CH4O.H2O4S/c1-18-15-19(2)30(27-18)17-25(31)29-13-11-28(12-14-29)24-10-6-4-8-21(24)23-16-20-7-3-5-9-22(20)26-23;1-17-15-18(2)30(27-17)16-23(31)29-13-11-28(12-14-29)22-10-6-3-7-19(22)24(32)26-21-9-5-4-8-20(21)25;1-13-11-14(2)22(19-13)12-17(23)21-9-7-20(8-10-21)16-6-4-3-5-15(16)18(24)25;1-16-12(15)10-4-2-3-5-11(10)14-8-6-13-7-9-14;14-11(15)9-3-1-2-4-10(9)13-7-5-12-6-8-13;1-5-3-6(2)9(8-5)4-7(10)11;1-2;1-5(2,3)4/h3-10,15H,11-14,16-17H2,1-2H3;3-10,15H,11-14,16,25H2,1-2H3,(H,26,32);3-6,11H,7-10,12H2,1-2H3,(H,24,25);2-5,13H,6-9H2,1H3;1-4,12H,5-8H2,(H,14,15);3H,4H2,1-2H3,(H,10,11);2H,1H3;(H2,1,2,3,4). The first-order valence-electron chi connectivity index (χ1n) is 44.9. The van der Waals surface area contributed by atoms with Crippen LogP contribution in [0.5, 0.6) is 0 Å². The number of aliphatic hydroxyl groups is 1. The number of piperazine rings is 5. The van der Waals surface area contributed by atoms with Gasteiger partial charge in [0, 0.05) is 184 Å². The fourth-order valence-electron chi connectivity index (χ4n) is 16.5. The number of carboxylic acids is 3. The molecule has 5 saturated heterocycles. The normalized spacial score (nSPS) is 14.4. The van der Waals surface area contributed by atoms with Gasteiger partial charge in [0.25, 0.3) is 5.91 Å². The molecular formula is C98H123N21O17S. The number of hydrogen-bond donors (Lipinski definition) is 10. The number of carbonyl (C=O) groups excluding carboxylic acids is 5. The zero-order valence-corrected chi connectivity index (χ0v) is 79.7. The first kappa shape index (κ1) is 104. The van der Waals surface area contributed by atoms with Gasteiger partial charge in [-0.25, -0.2) is 14.4 Å². The number of aliphatic hydroxyl groups excluding tert-OH is 1. The van der Waals surface area contributed by atoms with Gasteiger partial charge in [0.1, 0.15) is 26.2 Å². The Balaban J connectivity index is 0.000000173. The molecule has 11 aromatic rings. The maximum atomic E-state index is 13.0. The van der Waals surface area contributed by atoms with Crippen molar-refractivity contribution < 1.29 is 81.0 Å². The molecule has 0 bridgehead atoms. The summed E-state index contributed by atoms with van der Waals surface area (Å²) in [5.41, 5.74) is 25.7. The molecule has 38 nitrogen and oxygen atoms in total. The molecule has 10 heterocycles. The Morgan fingerprint density at radius 2 is 0.701 bits per heavy atom. The molecule has 6 aliphatic rings. The highest BCUT2D eigenvalue weighted by molar-refractivity contribution is 7.79. The number of aromatic nitrogens is 8. The van der Waals surface area contributed by atoms with E-state index in [-0.39, 0.29) is 49.2 Å². The molecule has 0 aliphatic carbocycles. The SMILES string of the molecule is CO.COC(=O)c1ccccc1N1CCNCC1.Cc1cc(C)n(CC(=O)N2CCN(c3ccccc3C(=O)Nc3ccccc3N)CC2)n1.Cc1cc(C)n(CC(=O)N2CCN(c3ccccc3C(=O)O)CC2)n1.Cc1cc(C)n(CC(=O)N2CCN(c3ccccc3C3=Nc4ccccc4C3)CC2)n1.Cc1cc(C)n(CC(=O)O)n1.O=C(O)c1ccccc1N1CCNCC1.O=S(=O)(O)O. The summed E-state index contributed by atoms with van der Waals surface area (Å²) >= 11 is 0. The number of hydrogen-bond acceptors (Lipinski definition) is 25. The zero-order valence-electron chi connectivity index (χ0n) is 78.9. The summed E-state index contributed by atoms with van der Waals surface area (Å²) < 4.78 is 43.1. The molecule has 728 valence electrons. The Morgan fingerprint density at radius 1 is 0.394 bits per heavy atom. The minimum Gasteiger partial charge on any atom is -0.480 e. The first-order valence-corrected chi connectivity index (χ1v) is 46.3. The number of carboxylic acid groups (broad SMARTS) is 3. The minimum atomic E-state index is -4.67. The second-order valence-corrected chi connectivity index (χ2v) is 33.7. The van der Waals surface area contributed by atoms with Crippen molar-refractivity contribution in [1.29, 1.82) is 0 Å². The summed E-state index contributed by atoms with van der Waals surface area (Å²) in [4.78, 5) is 117. The number of ether oxygens (including phenoxy) is 1. The number of benzene rings is 7. The van der Waals surface area contributed by atoms with E-state index in [1.807, 2.05) is 190 Å². The van der Waals surface area contributed by atoms with Gasteiger partial charge in [-0.15, -0.1) is 0 Å². The van der Waals surface area contributed by atoms with Gasteiger partial charge in [-0.2, -0.15) is 28.8 Å². The number of carbonyl (C=O) groups is 8. The molecule has 5 fully saturated rings. The van der Waals surface area contributed by atoms with Crippen molar-refractivity contribution >= 4 is 109 Å². The molecule has 0 spiro atoms. The molecule has 11 N–H and O–H groups in total. The van der Waals surface area contributed by atoms with Gasteiger partial charge in [-0.05, 0) is 158 Å². The van der Waals surface area contributed by atoms with Crippen LogP contribution in [0.2, 0.25) is 0 Å². The number of aliphatic imine (C=N–C) groups is 1. The average molecular weight is 1900 g/mol. The highest BCUT2D eigenvalue weighted by atomic mass is 32.3. The predicted octanol–water partition coefficient (Wildman–Crippen LogP) is 8.97. The van der Waals surface area contributed by atoms with Crippen molar-refractivity contribution in [3.05, 3.63) is 273 Å². The van der Waals surface area contributed by atoms with E-state index in [9.17, 15) is 43.5 Å². The Kier molecular flexibility index (Phi) is 38.6. The van der Waals surface area contributed by atoms with Crippen LogP contribution in [-0.4, -0.2) is 290 Å². The number of nitrogens with one attached hydrogen (secondary N) is 3. The fourth-order valence-corrected chi connectivity index (χ4v) is 16.5. The van der Waals surface area contributed by atoms with E-state index in [2.05, 4.69) is 98.4 Å². The number of aryl methyl sites for hydroxylation is 8. The largest absolute Gasteiger partial charge is 0.480 e. The molecule has 7 aromatic carbocycles. The van der Waals surface area contributed by atoms with Crippen molar-refractivity contribution in [1.82, 2.24) is 64.5 Å². The third-order valence-corrected chi connectivity index (χ3v) is 23.1. The number of nitrogens with zero attached hydrogens (tertiary/aromatic N) is 17. The van der Waals surface area contributed by atoms with Crippen molar-refractivity contribution in [3.63, 3.8) is 0 Å². The van der Waals surface area contributed by atoms with Gasteiger partial charge in [0.05, 0.1) is 92.0 Å². The molecule has 6 aliphatic heterocycles. The Bertz CT molecular complexity index is 6090. The zero-order chi connectivity index (χ0) is 99.0. The topological polar surface area (TPSA) is 473 Å². The number of para-hydroxylation sites is 8. The van der Waals surface area contributed by atoms with Gasteiger partial charge in [0.15, 0.2) is 0 Å². The highest BCUT2D eigenvalue weighted by Gasteiger charge is 2.31. The van der Waals surface area contributed by atoms with Crippen LogP contribution in [0.25, 0.3) is 0 Å². The van der Waals surface area contributed by atoms with E-state index in [0.717, 1.165) is 166 Å². The lowest BCUT2D eigenvalue weighted by molar-refractivity contribution is -0.138. The van der Waals surface area contributed by atoms with E-state index in [1.54, 1.807) is 50.4 Å². The number of rotatable bonds is 19. The summed E-state index contributed by atoms with van der Waals surface area (Å²) in [6.07, 6.45) is 0.869. The number of methoxy groups -OCH3 is 1. The number of esters is 1. The van der Waals surface area contributed by atoms with Gasteiger partial charge in [-0.3, -0.25) is 56.8 Å². The van der Waals surface area contributed by atoms with Crippen molar-refractivity contribution in [2.24, 2.45) is 4.99 Å². The van der Waals surface area contributed by atoms with E-state index in [1.165, 1.54) is 28.6 Å². The van der Waals surface area contributed by atoms with Crippen LogP contribution in [0.4, 0.5) is 45.5 Å². The molecule has 0 unspecified atom stereocenters. The third kappa shape index (κ3) is 30.4. The molecule has 4 aromatic heterocycles. The summed E-state index contributed by atoms with van der Waals surface area (Å²) in [6.45, 7) is 31.4. The highest BCUT2D eigenvalue weighted by Crippen LogP contribution is 2.34. The molecule has 0 saturated carbocycles.